The van der Waals surface area contributed by atoms with E-state index < -0.39 is 11.9 Å². The van der Waals surface area contributed by atoms with Gasteiger partial charge >= 0.3 is 0 Å². The maximum absolute atomic E-state index is 14.0. The van der Waals surface area contributed by atoms with Crippen LogP contribution in [0.3, 0.4) is 0 Å². The van der Waals surface area contributed by atoms with E-state index in [1.807, 2.05) is 44.0 Å². The van der Waals surface area contributed by atoms with Crippen LogP contribution in [0.2, 0.25) is 5.02 Å². The Morgan fingerprint density at radius 3 is 2.77 bits per heavy atom. The molecular formula is C23H29ClFN5O. The highest BCUT2D eigenvalue weighted by Crippen LogP contribution is 2.35. The van der Waals surface area contributed by atoms with Gasteiger partial charge in [0.05, 0.1) is 17.3 Å². The predicted molar refractivity (Wildman–Crippen MR) is 123 cm³/mol. The van der Waals surface area contributed by atoms with E-state index in [0.29, 0.717) is 17.4 Å². The smallest absolute Gasteiger partial charge is 0.166 e. The number of aryl methyl sites for hydroxylation is 1. The first-order chi connectivity index (χ1) is 14.8. The zero-order valence-electron chi connectivity index (χ0n) is 18.3. The predicted octanol–water partition coefficient (Wildman–Crippen LogP) is 5.33. The highest BCUT2D eigenvalue weighted by Gasteiger charge is 2.19. The Labute approximate surface area is 187 Å². The van der Waals surface area contributed by atoms with Crippen molar-refractivity contribution >= 4 is 17.4 Å². The lowest BCUT2D eigenvalue weighted by molar-refractivity contribution is 0.226. The van der Waals surface area contributed by atoms with Gasteiger partial charge in [-0.15, -0.1) is 0 Å². The van der Waals surface area contributed by atoms with Crippen LogP contribution in [-0.4, -0.2) is 28.4 Å². The first kappa shape index (κ1) is 23.0. The van der Waals surface area contributed by atoms with E-state index in [-0.39, 0.29) is 10.8 Å². The molecule has 3 aromatic rings. The van der Waals surface area contributed by atoms with Gasteiger partial charge in [-0.25, -0.2) is 9.37 Å². The number of nitrogens with zero attached hydrogens (tertiary/aromatic N) is 3. The van der Waals surface area contributed by atoms with E-state index in [1.54, 1.807) is 12.3 Å². The minimum Gasteiger partial charge on any atom is -0.482 e. The molecule has 1 aromatic carbocycles. The topological polar surface area (TPSA) is 78.0 Å². The van der Waals surface area contributed by atoms with Crippen LogP contribution in [0.5, 0.6) is 5.75 Å². The molecule has 3 N–H and O–H groups in total. The molecule has 2 atom stereocenters. The van der Waals surface area contributed by atoms with Crippen LogP contribution in [-0.2, 0) is 0 Å². The molecule has 0 aliphatic carbocycles. The summed E-state index contributed by atoms with van der Waals surface area (Å²) in [6.45, 7) is 6.75. The monoisotopic (exact) mass is 445 g/mol. The molecule has 0 spiro atoms. The number of ether oxygens (including phenoxy) is 1. The van der Waals surface area contributed by atoms with Crippen LogP contribution in [0.15, 0.2) is 36.8 Å². The fourth-order valence-electron chi connectivity index (χ4n) is 3.64. The van der Waals surface area contributed by atoms with Gasteiger partial charge in [0, 0.05) is 29.1 Å². The first-order valence-electron chi connectivity index (χ1n) is 10.4. The SMILES string of the molecule is CCC(CCNC)n1cc(-c2cnc(N)c(O[C@H](C)c3c(C)ccc(F)c3Cl)c2)cn1. The third-order valence-electron chi connectivity index (χ3n) is 5.45. The molecule has 0 aliphatic rings. The molecule has 2 aromatic heterocycles. The van der Waals surface area contributed by atoms with Crippen molar-refractivity contribution in [3.63, 3.8) is 0 Å². The number of nitrogens with one attached hydrogen (secondary N) is 1. The van der Waals surface area contributed by atoms with Gasteiger partial charge in [-0.3, -0.25) is 4.68 Å². The second-order valence-electron chi connectivity index (χ2n) is 7.62. The number of benzene rings is 1. The van der Waals surface area contributed by atoms with Crippen LogP contribution in [0.4, 0.5) is 10.2 Å². The summed E-state index contributed by atoms with van der Waals surface area (Å²) in [7, 11) is 1.95. The lowest BCUT2D eigenvalue weighted by atomic mass is 10.0. The zero-order chi connectivity index (χ0) is 22.5. The van der Waals surface area contributed by atoms with Gasteiger partial charge in [0.2, 0.25) is 0 Å². The average Bonchev–Trinajstić information content (AvgIpc) is 3.23. The van der Waals surface area contributed by atoms with Crippen LogP contribution in [0.1, 0.15) is 50.0 Å². The van der Waals surface area contributed by atoms with Crippen molar-refractivity contribution in [2.75, 3.05) is 19.3 Å². The van der Waals surface area contributed by atoms with Gasteiger partial charge in [-0.05, 0) is 58.0 Å². The van der Waals surface area contributed by atoms with E-state index in [0.717, 1.165) is 36.1 Å². The molecule has 0 bridgehead atoms. The summed E-state index contributed by atoms with van der Waals surface area (Å²) in [4.78, 5) is 4.29. The Balaban J connectivity index is 1.85. The van der Waals surface area contributed by atoms with E-state index in [4.69, 9.17) is 22.1 Å². The number of aromatic nitrogens is 3. The molecule has 6 nitrogen and oxygen atoms in total. The van der Waals surface area contributed by atoms with Crippen molar-refractivity contribution < 1.29 is 9.13 Å². The Morgan fingerprint density at radius 2 is 2.06 bits per heavy atom. The zero-order valence-corrected chi connectivity index (χ0v) is 19.1. The summed E-state index contributed by atoms with van der Waals surface area (Å²) >= 11 is 6.19. The number of halogens is 2. The minimum atomic E-state index is -0.503. The molecule has 3 rings (SSSR count). The van der Waals surface area contributed by atoms with E-state index >= 15 is 0 Å². The van der Waals surface area contributed by atoms with Gasteiger partial charge in [0.15, 0.2) is 11.6 Å². The summed E-state index contributed by atoms with van der Waals surface area (Å²) in [5.74, 6) is 0.196. The fourth-order valence-corrected chi connectivity index (χ4v) is 4.01. The van der Waals surface area contributed by atoms with Crippen LogP contribution >= 0.6 is 11.6 Å². The normalized spacial score (nSPS) is 13.2. The quantitative estimate of drug-likeness (QED) is 0.465. The molecule has 0 radical (unpaired) electrons. The van der Waals surface area contributed by atoms with Gasteiger partial charge in [-0.1, -0.05) is 24.6 Å². The number of pyridine rings is 1. The summed E-state index contributed by atoms with van der Waals surface area (Å²) in [5, 5.41) is 7.78. The summed E-state index contributed by atoms with van der Waals surface area (Å²) in [5.41, 5.74) is 9.26. The second-order valence-corrected chi connectivity index (χ2v) is 8.00. The van der Waals surface area contributed by atoms with Crippen molar-refractivity contribution in [3.8, 4) is 16.9 Å². The minimum absolute atomic E-state index is 0.0589. The first-order valence-corrected chi connectivity index (χ1v) is 10.8. The number of nitrogen functional groups attached to an aromatic ring is 1. The van der Waals surface area contributed by atoms with Gasteiger partial charge in [0.1, 0.15) is 11.9 Å². The molecule has 0 saturated carbocycles. The second kappa shape index (κ2) is 10.1. The van der Waals surface area contributed by atoms with Crippen LogP contribution in [0.25, 0.3) is 11.1 Å². The van der Waals surface area contributed by atoms with Crippen molar-refractivity contribution in [1.82, 2.24) is 20.1 Å². The molecule has 166 valence electrons. The largest absolute Gasteiger partial charge is 0.482 e. The number of nitrogens with two attached hydrogens (primary N) is 1. The van der Waals surface area contributed by atoms with Crippen molar-refractivity contribution in [1.29, 1.82) is 0 Å². The Bertz CT molecular complexity index is 1040. The van der Waals surface area contributed by atoms with Gasteiger partial charge in [-0.2, -0.15) is 5.10 Å². The fraction of sp³-hybridized carbons (Fsp3) is 0.391. The highest BCUT2D eigenvalue weighted by atomic mass is 35.5. The molecule has 0 amide bonds. The molecule has 0 aliphatic heterocycles. The van der Waals surface area contributed by atoms with E-state index in [2.05, 4.69) is 22.3 Å². The van der Waals surface area contributed by atoms with Crippen LogP contribution in [0, 0.1) is 12.7 Å². The van der Waals surface area contributed by atoms with Gasteiger partial charge < -0.3 is 15.8 Å². The molecule has 1 unspecified atom stereocenters. The molecular weight excluding hydrogens is 417 g/mol. The number of hydrogen-bond donors (Lipinski definition) is 2. The number of anilines is 1. The Hall–Kier alpha value is -2.64. The molecule has 2 heterocycles. The van der Waals surface area contributed by atoms with Crippen molar-refractivity contribution in [2.45, 2.75) is 45.8 Å². The van der Waals surface area contributed by atoms with Crippen molar-refractivity contribution in [3.05, 3.63) is 58.8 Å². The summed E-state index contributed by atoms with van der Waals surface area (Å²) in [6.07, 6.45) is 7.00. The number of hydrogen-bond acceptors (Lipinski definition) is 5. The lowest BCUT2D eigenvalue weighted by Gasteiger charge is -2.20. The Morgan fingerprint density at radius 1 is 1.29 bits per heavy atom. The number of rotatable bonds is 9. The molecule has 31 heavy (non-hydrogen) atoms. The standard InChI is InChI=1S/C23H29ClFN5O/c1-5-18(8-9-27-4)30-13-17(12-29-30)16-10-20(23(26)28-11-16)31-15(3)21-14(2)6-7-19(25)22(21)24/h6-7,10-13,15,18,27H,5,8-9H2,1-4H3,(H2,26,28)/t15-,18?/m1/s1. The van der Waals surface area contributed by atoms with E-state index in [1.165, 1.54) is 6.07 Å². The molecule has 0 fully saturated rings. The van der Waals surface area contributed by atoms with Crippen molar-refractivity contribution in [2.24, 2.45) is 0 Å². The highest BCUT2D eigenvalue weighted by molar-refractivity contribution is 6.31. The van der Waals surface area contributed by atoms with E-state index in [9.17, 15) is 4.39 Å². The lowest BCUT2D eigenvalue weighted by Crippen LogP contribution is -2.16. The third kappa shape index (κ3) is 5.17. The van der Waals surface area contributed by atoms with Gasteiger partial charge in [0.25, 0.3) is 0 Å². The maximum Gasteiger partial charge on any atom is 0.166 e. The third-order valence-corrected chi connectivity index (χ3v) is 5.83. The maximum atomic E-state index is 14.0. The molecule has 8 heteroatoms. The summed E-state index contributed by atoms with van der Waals surface area (Å²) in [6, 6.07) is 5.18. The molecule has 0 saturated heterocycles. The average molecular weight is 446 g/mol. The Kier molecular flexibility index (Phi) is 7.51. The summed E-state index contributed by atoms with van der Waals surface area (Å²) < 4.78 is 22.0. The van der Waals surface area contributed by atoms with Crippen LogP contribution < -0.4 is 15.8 Å².